The van der Waals surface area contributed by atoms with E-state index in [-0.39, 0.29) is 5.91 Å². The maximum Gasteiger partial charge on any atom is 0.254 e. The van der Waals surface area contributed by atoms with Gasteiger partial charge in [0.05, 0.1) is 0 Å². The third-order valence-electron chi connectivity index (χ3n) is 2.81. The van der Waals surface area contributed by atoms with Gasteiger partial charge in [-0.15, -0.1) is 0 Å². The van der Waals surface area contributed by atoms with E-state index >= 15 is 0 Å². The Morgan fingerprint density at radius 1 is 1.25 bits per heavy atom. The molecular formula is C12H24N2O2. The van der Waals surface area contributed by atoms with E-state index in [1.54, 1.807) is 18.7 Å². The van der Waals surface area contributed by atoms with Gasteiger partial charge in [0.15, 0.2) is 0 Å². The van der Waals surface area contributed by atoms with Gasteiger partial charge < -0.3 is 10.0 Å². The van der Waals surface area contributed by atoms with Crippen LogP contribution in [0.15, 0.2) is 0 Å². The average Bonchev–Trinajstić information content (AvgIpc) is 2.15. The number of piperazine rings is 1. The molecule has 0 bridgehead atoms. The van der Waals surface area contributed by atoms with E-state index in [1.807, 2.05) is 0 Å². The molecule has 94 valence electrons. The molecule has 1 N–H and O–H groups in total. The van der Waals surface area contributed by atoms with Gasteiger partial charge in [-0.3, -0.25) is 9.69 Å². The van der Waals surface area contributed by atoms with Crippen LogP contribution in [-0.2, 0) is 4.79 Å². The minimum atomic E-state index is -1.24. The van der Waals surface area contributed by atoms with E-state index in [0.717, 1.165) is 32.7 Å². The molecule has 1 aliphatic heterocycles. The second kappa shape index (κ2) is 5.15. The molecule has 16 heavy (non-hydrogen) atoms. The molecule has 0 saturated carbocycles. The highest BCUT2D eigenvalue weighted by Crippen LogP contribution is 2.11. The first-order valence-electron chi connectivity index (χ1n) is 6.05. The Morgan fingerprint density at radius 2 is 1.75 bits per heavy atom. The fourth-order valence-electron chi connectivity index (χ4n) is 2.04. The van der Waals surface area contributed by atoms with Gasteiger partial charge in [-0.25, -0.2) is 0 Å². The van der Waals surface area contributed by atoms with Crippen molar-refractivity contribution >= 4 is 5.91 Å². The Bertz CT molecular complexity index is 238. The first-order chi connectivity index (χ1) is 7.30. The molecule has 1 fully saturated rings. The Kier molecular flexibility index (Phi) is 4.33. The zero-order chi connectivity index (χ0) is 12.3. The number of hydrogen-bond acceptors (Lipinski definition) is 3. The molecular weight excluding hydrogens is 204 g/mol. The standard InChI is InChI=1S/C12H24N2O2/c1-10(2)9-13-5-7-14(8-6-13)11(15)12(3,4)16/h10,16H,5-9H2,1-4H3. The molecule has 0 aliphatic carbocycles. The molecule has 0 aromatic heterocycles. The molecule has 0 atom stereocenters. The zero-order valence-electron chi connectivity index (χ0n) is 10.9. The maximum atomic E-state index is 11.8. The molecule has 1 heterocycles. The van der Waals surface area contributed by atoms with Crippen LogP contribution in [-0.4, -0.2) is 59.1 Å². The average molecular weight is 228 g/mol. The molecule has 1 saturated heterocycles. The van der Waals surface area contributed by atoms with Gasteiger partial charge in [-0.05, 0) is 19.8 Å². The van der Waals surface area contributed by atoms with Crippen LogP contribution in [0.25, 0.3) is 0 Å². The van der Waals surface area contributed by atoms with E-state index in [4.69, 9.17) is 0 Å². The van der Waals surface area contributed by atoms with Crippen LogP contribution in [0.2, 0.25) is 0 Å². The first-order valence-corrected chi connectivity index (χ1v) is 6.05. The third kappa shape index (κ3) is 3.76. The molecule has 0 radical (unpaired) electrons. The van der Waals surface area contributed by atoms with Crippen molar-refractivity contribution in [3.63, 3.8) is 0 Å². The van der Waals surface area contributed by atoms with Gasteiger partial charge in [0.1, 0.15) is 5.60 Å². The summed E-state index contributed by atoms with van der Waals surface area (Å²) in [6, 6.07) is 0. The number of hydrogen-bond donors (Lipinski definition) is 1. The number of aliphatic hydroxyl groups is 1. The summed E-state index contributed by atoms with van der Waals surface area (Å²) in [5.74, 6) is 0.508. The Labute approximate surface area is 98.2 Å². The lowest BCUT2D eigenvalue weighted by molar-refractivity contribution is -0.149. The molecule has 1 rings (SSSR count). The van der Waals surface area contributed by atoms with Crippen LogP contribution < -0.4 is 0 Å². The van der Waals surface area contributed by atoms with Crippen molar-refractivity contribution in [2.75, 3.05) is 32.7 Å². The van der Waals surface area contributed by atoms with E-state index in [9.17, 15) is 9.90 Å². The minimum absolute atomic E-state index is 0.156. The highest BCUT2D eigenvalue weighted by Gasteiger charge is 2.31. The van der Waals surface area contributed by atoms with Crippen LogP contribution >= 0.6 is 0 Å². The lowest BCUT2D eigenvalue weighted by atomic mass is 10.1. The fraction of sp³-hybridized carbons (Fsp3) is 0.917. The summed E-state index contributed by atoms with van der Waals surface area (Å²) < 4.78 is 0. The van der Waals surface area contributed by atoms with Crippen LogP contribution in [0, 0.1) is 5.92 Å². The molecule has 1 amide bonds. The molecule has 0 unspecified atom stereocenters. The van der Waals surface area contributed by atoms with Crippen molar-refractivity contribution in [1.29, 1.82) is 0 Å². The van der Waals surface area contributed by atoms with Gasteiger partial charge in [-0.2, -0.15) is 0 Å². The van der Waals surface area contributed by atoms with Crippen molar-refractivity contribution in [2.24, 2.45) is 5.92 Å². The van der Waals surface area contributed by atoms with Crippen molar-refractivity contribution in [3.05, 3.63) is 0 Å². The number of carbonyl (C=O) groups is 1. The van der Waals surface area contributed by atoms with Crippen molar-refractivity contribution in [2.45, 2.75) is 33.3 Å². The van der Waals surface area contributed by atoms with Gasteiger partial charge in [0, 0.05) is 32.7 Å². The summed E-state index contributed by atoms with van der Waals surface area (Å²) in [6.45, 7) is 11.9. The van der Waals surface area contributed by atoms with Crippen LogP contribution in [0.4, 0.5) is 0 Å². The summed E-state index contributed by atoms with van der Waals surface area (Å²) >= 11 is 0. The quantitative estimate of drug-likeness (QED) is 0.767. The second-order valence-electron chi connectivity index (χ2n) is 5.55. The molecule has 1 aliphatic rings. The van der Waals surface area contributed by atoms with Crippen molar-refractivity contribution in [1.82, 2.24) is 9.80 Å². The largest absolute Gasteiger partial charge is 0.381 e. The first kappa shape index (κ1) is 13.5. The SMILES string of the molecule is CC(C)CN1CCN(C(=O)C(C)(C)O)CC1. The highest BCUT2D eigenvalue weighted by molar-refractivity contribution is 5.84. The lowest BCUT2D eigenvalue weighted by Gasteiger charge is -2.37. The normalized spacial score (nSPS) is 19.2. The number of amides is 1. The van der Waals surface area contributed by atoms with Gasteiger partial charge in [0.25, 0.3) is 5.91 Å². The van der Waals surface area contributed by atoms with Crippen LogP contribution in [0.5, 0.6) is 0 Å². The van der Waals surface area contributed by atoms with Crippen molar-refractivity contribution in [3.8, 4) is 0 Å². The highest BCUT2D eigenvalue weighted by atomic mass is 16.3. The minimum Gasteiger partial charge on any atom is -0.381 e. The lowest BCUT2D eigenvalue weighted by Crippen LogP contribution is -2.54. The summed E-state index contributed by atoms with van der Waals surface area (Å²) in [6.07, 6.45) is 0. The van der Waals surface area contributed by atoms with E-state index in [0.29, 0.717) is 5.92 Å². The van der Waals surface area contributed by atoms with Gasteiger partial charge in [-0.1, -0.05) is 13.8 Å². The second-order valence-corrected chi connectivity index (χ2v) is 5.55. The summed E-state index contributed by atoms with van der Waals surface area (Å²) in [4.78, 5) is 15.9. The predicted molar refractivity (Wildman–Crippen MR) is 64.2 cm³/mol. The molecule has 0 spiro atoms. The molecule has 4 heteroatoms. The number of rotatable bonds is 3. The predicted octanol–water partition coefficient (Wildman–Crippen LogP) is 0.557. The van der Waals surface area contributed by atoms with E-state index in [2.05, 4.69) is 18.7 Å². The zero-order valence-corrected chi connectivity index (χ0v) is 10.9. The van der Waals surface area contributed by atoms with E-state index in [1.165, 1.54) is 0 Å². The molecule has 0 aromatic rings. The summed E-state index contributed by atoms with van der Waals surface area (Å²) in [5.41, 5.74) is -1.24. The van der Waals surface area contributed by atoms with Crippen LogP contribution in [0.1, 0.15) is 27.7 Å². The maximum absolute atomic E-state index is 11.8. The molecule has 0 aromatic carbocycles. The Morgan fingerprint density at radius 3 is 2.12 bits per heavy atom. The summed E-state index contributed by atoms with van der Waals surface area (Å²) in [5, 5.41) is 9.64. The van der Waals surface area contributed by atoms with Crippen LogP contribution in [0.3, 0.4) is 0 Å². The number of carbonyl (C=O) groups excluding carboxylic acids is 1. The summed E-state index contributed by atoms with van der Waals surface area (Å²) in [7, 11) is 0. The monoisotopic (exact) mass is 228 g/mol. The molecule has 4 nitrogen and oxygen atoms in total. The topological polar surface area (TPSA) is 43.8 Å². The third-order valence-corrected chi connectivity index (χ3v) is 2.81. The Hall–Kier alpha value is -0.610. The van der Waals surface area contributed by atoms with Gasteiger partial charge >= 0.3 is 0 Å². The number of nitrogens with zero attached hydrogens (tertiary/aromatic N) is 2. The van der Waals surface area contributed by atoms with E-state index < -0.39 is 5.60 Å². The Balaban J connectivity index is 2.40. The smallest absolute Gasteiger partial charge is 0.254 e. The van der Waals surface area contributed by atoms with Gasteiger partial charge in [0.2, 0.25) is 0 Å². The van der Waals surface area contributed by atoms with Crippen molar-refractivity contribution < 1.29 is 9.90 Å². The fourth-order valence-corrected chi connectivity index (χ4v) is 2.04.